The molecule has 4 heteroatoms. The molecule has 0 aromatic heterocycles. The molecule has 2 bridgehead atoms. The molecule has 0 aliphatic heterocycles. The van der Waals surface area contributed by atoms with Crippen LogP contribution < -0.4 is 11.1 Å². The van der Waals surface area contributed by atoms with E-state index in [1.807, 2.05) is 0 Å². The van der Waals surface area contributed by atoms with Crippen molar-refractivity contribution in [1.29, 1.82) is 0 Å². The maximum Gasteiger partial charge on any atom is 0.251 e. The first-order valence-electron chi connectivity index (χ1n) is 7.87. The third kappa shape index (κ3) is 2.95. The molecule has 3 nitrogen and oxygen atoms in total. The summed E-state index contributed by atoms with van der Waals surface area (Å²) in [4.78, 5) is 12.4. The quantitative estimate of drug-likeness (QED) is 0.880. The van der Waals surface area contributed by atoms with Gasteiger partial charge in [0.1, 0.15) is 5.82 Å². The second-order valence-electron chi connectivity index (χ2n) is 6.65. The summed E-state index contributed by atoms with van der Waals surface area (Å²) in [6.07, 6.45) is 5.48. The zero-order chi connectivity index (χ0) is 15.0. The first-order chi connectivity index (χ1) is 10.0. The van der Waals surface area contributed by atoms with Crippen molar-refractivity contribution in [3.8, 4) is 0 Å². The number of nitrogens with two attached hydrogens (primary N) is 1. The molecule has 2 atom stereocenters. The van der Waals surface area contributed by atoms with Crippen LogP contribution in [0.1, 0.15) is 48.0 Å². The molecule has 1 aromatic rings. The number of fused-ring (bicyclic) bond motifs is 2. The summed E-state index contributed by atoms with van der Waals surface area (Å²) in [5.41, 5.74) is 7.07. The first kappa shape index (κ1) is 14.5. The fraction of sp³-hybridized carbons (Fsp3) is 0.588. The lowest BCUT2D eigenvalue weighted by atomic mass is 9.67. The van der Waals surface area contributed by atoms with Crippen LogP contribution in [0.25, 0.3) is 0 Å². The van der Waals surface area contributed by atoms with Gasteiger partial charge in [-0.3, -0.25) is 4.79 Å². The van der Waals surface area contributed by atoms with E-state index in [2.05, 4.69) is 5.32 Å². The molecule has 2 aliphatic carbocycles. The monoisotopic (exact) mass is 290 g/mol. The van der Waals surface area contributed by atoms with Crippen LogP contribution in [0, 0.1) is 24.6 Å². The second-order valence-corrected chi connectivity index (χ2v) is 6.65. The molecular weight excluding hydrogens is 267 g/mol. The summed E-state index contributed by atoms with van der Waals surface area (Å²) in [5, 5.41) is 3.14. The highest BCUT2D eigenvalue weighted by Crippen LogP contribution is 2.39. The number of amides is 1. The van der Waals surface area contributed by atoms with Crippen molar-refractivity contribution in [3.63, 3.8) is 0 Å². The standard InChI is InChI=1S/C17H23FN2O/c1-10-5-6-13(9-15(10)18)17(21)20-16-11-3-2-4-12(16)8-14(19)7-11/h5-6,9,11-12,14,16H,2-4,7-8,19H2,1H3,(H,20,21). The van der Waals surface area contributed by atoms with Gasteiger partial charge in [-0.15, -0.1) is 0 Å². The van der Waals surface area contributed by atoms with Crippen LogP contribution >= 0.6 is 0 Å². The Bertz CT molecular complexity index is 532. The van der Waals surface area contributed by atoms with E-state index in [4.69, 9.17) is 5.73 Å². The number of carbonyl (C=O) groups excluding carboxylic acids is 1. The summed E-state index contributed by atoms with van der Waals surface area (Å²) in [5.74, 6) is 0.471. The van der Waals surface area contributed by atoms with Gasteiger partial charge in [-0.05, 0) is 62.1 Å². The zero-order valence-electron chi connectivity index (χ0n) is 12.4. The first-order valence-corrected chi connectivity index (χ1v) is 7.87. The number of aryl methyl sites for hydroxylation is 1. The average molecular weight is 290 g/mol. The van der Waals surface area contributed by atoms with E-state index < -0.39 is 0 Å². The maximum atomic E-state index is 13.6. The van der Waals surface area contributed by atoms with Crippen LogP contribution in [-0.4, -0.2) is 18.0 Å². The van der Waals surface area contributed by atoms with Crippen molar-refractivity contribution in [1.82, 2.24) is 5.32 Å². The summed E-state index contributed by atoms with van der Waals surface area (Å²) in [7, 11) is 0. The predicted octanol–water partition coefficient (Wildman–Crippen LogP) is 2.77. The van der Waals surface area contributed by atoms with Gasteiger partial charge in [0, 0.05) is 17.6 Å². The molecule has 0 spiro atoms. The summed E-state index contributed by atoms with van der Waals surface area (Å²) in [6.45, 7) is 1.70. The lowest BCUT2D eigenvalue weighted by Crippen LogP contribution is -2.53. The average Bonchev–Trinajstić information content (AvgIpc) is 2.42. The summed E-state index contributed by atoms with van der Waals surface area (Å²) >= 11 is 0. The van der Waals surface area contributed by atoms with Gasteiger partial charge in [-0.1, -0.05) is 12.5 Å². The van der Waals surface area contributed by atoms with Crippen LogP contribution in [-0.2, 0) is 0 Å². The molecule has 1 amide bonds. The van der Waals surface area contributed by atoms with E-state index in [0.717, 1.165) is 25.7 Å². The Morgan fingerprint density at radius 2 is 1.95 bits per heavy atom. The molecule has 2 fully saturated rings. The fourth-order valence-corrected chi connectivity index (χ4v) is 3.99. The summed E-state index contributed by atoms with van der Waals surface area (Å²) < 4.78 is 13.6. The van der Waals surface area contributed by atoms with Gasteiger partial charge in [0.05, 0.1) is 0 Å². The van der Waals surface area contributed by atoms with Crippen molar-refractivity contribution in [2.75, 3.05) is 0 Å². The van der Waals surface area contributed by atoms with E-state index in [9.17, 15) is 9.18 Å². The Morgan fingerprint density at radius 3 is 2.57 bits per heavy atom. The van der Waals surface area contributed by atoms with Crippen LogP contribution in [0.4, 0.5) is 4.39 Å². The van der Waals surface area contributed by atoms with Gasteiger partial charge in [0.25, 0.3) is 5.91 Å². The van der Waals surface area contributed by atoms with E-state index in [1.54, 1.807) is 19.1 Å². The second kappa shape index (κ2) is 5.76. The van der Waals surface area contributed by atoms with Crippen molar-refractivity contribution < 1.29 is 9.18 Å². The molecule has 3 N–H and O–H groups in total. The third-order valence-electron chi connectivity index (χ3n) is 5.11. The normalized spacial score (nSPS) is 31.8. The number of nitrogens with one attached hydrogen (secondary N) is 1. The van der Waals surface area contributed by atoms with Gasteiger partial charge in [-0.2, -0.15) is 0 Å². The largest absolute Gasteiger partial charge is 0.349 e. The van der Waals surface area contributed by atoms with E-state index >= 15 is 0 Å². The lowest BCUT2D eigenvalue weighted by molar-refractivity contribution is 0.0755. The number of halogens is 1. The highest BCUT2D eigenvalue weighted by Gasteiger charge is 2.39. The van der Waals surface area contributed by atoms with Crippen LogP contribution in [0.2, 0.25) is 0 Å². The van der Waals surface area contributed by atoms with Gasteiger partial charge in [0.15, 0.2) is 0 Å². The number of benzene rings is 1. The number of hydrogen-bond donors (Lipinski definition) is 2. The molecular formula is C17H23FN2O. The fourth-order valence-electron chi connectivity index (χ4n) is 3.99. The van der Waals surface area contributed by atoms with Gasteiger partial charge in [-0.25, -0.2) is 4.39 Å². The Hall–Kier alpha value is -1.42. The van der Waals surface area contributed by atoms with E-state index in [1.165, 1.54) is 12.5 Å². The molecule has 0 saturated heterocycles. The van der Waals surface area contributed by atoms with Crippen molar-refractivity contribution in [2.45, 2.75) is 51.1 Å². The predicted molar refractivity (Wildman–Crippen MR) is 80.4 cm³/mol. The van der Waals surface area contributed by atoms with Crippen molar-refractivity contribution in [2.24, 2.45) is 17.6 Å². The number of hydrogen-bond acceptors (Lipinski definition) is 2. The van der Waals surface area contributed by atoms with E-state index in [0.29, 0.717) is 23.0 Å². The maximum absolute atomic E-state index is 13.6. The lowest BCUT2D eigenvalue weighted by Gasteiger charge is -2.45. The molecule has 3 rings (SSSR count). The Morgan fingerprint density at radius 1 is 1.29 bits per heavy atom. The molecule has 114 valence electrons. The van der Waals surface area contributed by atoms with Gasteiger partial charge < -0.3 is 11.1 Å². The van der Waals surface area contributed by atoms with Crippen LogP contribution in [0.3, 0.4) is 0 Å². The zero-order valence-corrected chi connectivity index (χ0v) is 12.4. The third-order valence-corrected chi connectivity index (χ3v) is 5.11. The molecule has 2 aliphatic rings. The Labute approximate surface area is 125 Å². The molecule has 1 aromatic carbocycles. The Kier molecular flexibility index (Phi) is 3.98. The van der Waals surface area contributed by atoms with Crippen LogP contribution in [0.5, 0.6) is 0 Å². The molecule has 2 saturated carbocycles. The van der Waals surface area contributed by atoms with Crippen molar-refractivity contribution >= 4 is 5.91 Å². The number of carbonyl (C=O) groups is 1. The Balaban J connectivity index is 1.73. The van der Waals surface area contributed by atoms with Crippen molar-refractivity contribution in [3.05, 3.63) is 35.1 Å². The molecule has 0 radical (unpaired) electrons. The minimum atomic E-state index is -0.325. The number of rotatable bonds is 2. The van der Waals surface area contributed by atoms with Gasteiger partial charge >= 0.3 is 0 Å². The summed E-state index contributed by atoms with van der Waals surface area (Å²) in [6, 6.07) is 5.15. The molecule has 2 unspecified atom stereocenters. The van der Waals surface area contributed by atoms with Crippen LogP contribution in [0.15, 0.2) is 18.2 Å². The molecule has 21 heavy (non-hydrogen) atoms. The minimum Gasteiger partial charge on any atom is -0.349 e. The topological polar surface area (TPSA) is 55.1 Å². The van der Waals surface area contributed by atoms with E-state index in [-0.39, 0.29) is 23.8 Å². The minimum absolute atomic E-state index is 0.161. The smallest absolute Gasteiger partial charge is 0.251 e. The van der Waals surface area contributed by atoms with Gasteiger partial charge in [0.2, 0.25) is 0 Å². The molecule has 0 heterocycles. The highest BCUT2D eigenvalue weighted by molar-refractivity contribution is 5.94. The highest BCUT2D eigenvalue weighted by atomic mass is 19.1. The SMILES string of the molecule is Cc1ccc(C(=O)NC2C3CCCC2CC(N)C3)cc1F.